The van der Waals surface area contributed by atoms with Crippen LogP contribution in [0.4, 0.5) is 4.39 Å². The predicted octanol–water partition coefficient (Wildman–Crippen LogP) is 3.98. The smallest absolute Gasteiger partial charge is 0.257 e. The summed E-state index contributed by atoms with van der Waals surface area (Å²) in [5.74, 6) is 0.599. The van der Waals surface area contributed by atoms with E-state index in [0.717, 1.165) is 36.8 Å². The molecule has 0 atom stereocenters. The summed E-state index contributed by atoms with van der Waals surface area (Å²) in [6.07, 6.45) is 0. The lowest BCUT2D eigenvalue weighted by Crippen LogP contribution is -2.48. The van der Waals surface area contributed by atoms with Crippen LogP contribution in [0.25, 0.3) is 5.69 Å². The maximum atomic E-state index is 13.3. The van der Waals surface area contributed by atoms with Gasteiger partial charge < -0.3 is 9.64 Å². The molecule has 0 radical (unpaired) electrons. The molecule has 1 aliphatic rings. The number of nitrogens with zero attached hydrogens (tertiary/aromatic N) is 4. The first-order valence-electron chi connectivity index (χ1n) is 11.0. The zero-order chi connectivity index (χ0) is 22.7. The molecule has 3 aromatic rings. The van der Waals surface area contributed by atoms with Gasteiger partial charge >= 0.3 is 0 Å². The van der Waals surface area contributed by atoms with Gasteiger partial charge in [-0.15, -0.1) is 0 Å². The van der Waals surface area contributed by atoms with E-state index in [0.29, 0.717) is 31.0 Å². The monoisotopic (exact) mass is 436 g/mol. The van der Waals surface area contributed by atoms with Crippen LogP contribution in [-0.2, 0) is 6.54 Å². The summed E-state index contributed by atoms with van der Waals surface area (Å²) in [5.41, 5.74) is 4.07. The quantitative estimate of drug-likeness (QED) is 0.587. The van der Waals surface area contributed by atoms with Crippen molar-refractivity contribution < 1.29 is 13.9 Å². The topological polar surface area (TPSA) is 50.6 Å². The second kappa shape index (κ2) is 9.53. The standard InChI is InChI=1S/C25H29FN4O2/c1-4-32-23-11-5-20(6-12-23)17-28-13-15-29(16-14-28)25(31)24-18(2)27-30(19(24)3)22-9-7-21(26)8-10-22/h5-12H,4,13-17H2,1-3H3. The molecule has 0 spiro atoms. The van der Waals surface area contributed by atoms with Crippen molar-refractivity contribution in [3.8, 4) is 11.4 Å². The third kappa shape index (κ3) is 4.67. The van der Waals surface area contributed by atoms with Gasteiger partial charge in [0.25, 0.3) is 5.91 Å². The van der Waals surface area contributed by atoms with Crippen LogP contribution in [0, 0.1) is 19.7 Å². The lowest BCUT2D eigenvalue weighted by Gasteiger charge is -2.34. The third-order valence-electron chi connectivity index (χ3n) is 5.88. The molecule has 2 heterocycles. The minimum absolute atomic E-state index is 0.00841. The molecule has 1 aliphatic heterocycles. The fourth-order valence-electron chi connectivity index (χ4n) is 4.17. The number of hydrogen-bond acceptors (Lipinski definition) is 4. The van der Waals surface area contributed by atoms with Crippen LogP contribution in [0.15, 0.2) is 48.5 Å². The highest BCUT2D eigenvalue weighted by atomic mass is 19.1. The molecule has 7 heteroatoms. The molecule has 0 N–H and O–H groups in total. The highest BCUT2D eigenvalue weighted by Crippen LogP contribution is 2.21. The van der Waals surface area contributed by atoms with Crippen molar-refractivity contribution in [2.24, 2.45) is 0 Å². The summed E-state index contributed by atoms with van der Waals surface area (Å²) in [6.45, 7) is 10.2. The Bertz CT molecular complexity index is 1070. The van der Waals surface area contributed by atoms with Gasteiger partial charge in [0.15, 0.2) is 0 Å². The van der Waals surface area contributed by atoms with Crippen LogP contribution < -0.4 is 4.74 Å². The Morgan fingerprint density at radius 3 is 2.28 bits per heavy atom. The van der Waals surface area contributed by atoms with Gasteiger partial charge in [0.05, 0.1) is 29.2 Å². The minimum atomic E-state index is -0.297. The summed E-state index contributed by atoms with van der Waals surface area (Å²) in [6, 6.07) is 14.3. The van der Waals surface area contributed by atoms with E-state index in [4.69, 9.17) is 4.74 Å². The van der Waals surface area contributed by atoms with E-state index in [1.807, 2.05) is 37.8 Å². The van der Waals surface area contributed by atoms with Crippen molar-refractivity contribution in [3.05, 3.63) is 76.9 Å². The van der Waals surface area contributed by atoms with Crippen LogP contribution in [0.2, 0.25) is 0 Å². The van der Waals surface area contributed by atoms with Gasteiger partial charge in [-0.1, -0.05) is 12.1 Å². The lowest BCUT2D eigenvalue weighted by molar-refractivity contribution is 0.0627. The average Bonchev–Trinajstić information content (AvgIpc) is 3.10. The molecule has 6 nitrogen and oxygen atoms in total. The number of carbonyl (C=O) groups is 1. The van der Waals surface area contributed by atoms with Gasteiger partial charge in [-0.25, -0.2) is 9.07 Å². The van der Waals surface area contributed by atoms with E-state index in [2.05, 4.69) is 22.1 Å². The van der Waals surface area contributed by atoms with Gasteiger partial charge in [-0.05, 0) is 62.7 Å². The van der Waals surface area contributed by atoms with Gasteiger partial charge in [0, 0.05) is 32.7 Å². The number of benzene rings is 2. The third-order valence-corrected chi connectivity index (χ3v) is 5.88. The molecule has 0 bridgehead atoms. The molecular formula is C25H29FN4O2. The summed E-state index contributed by atoms with van der Waals surface area (Å²) in [7, 11) is 0. The largest absolute Gasteiger partial charge is 0.494 e. The molecule has 1 saturated heterocycles. The van der Waals surface area contributed by atoms with Gasteiger partial charge in [0.2, 0.25) is 0 Å². The molecule has 0 unspecified atom stereocenters. The van der Waals surface area contributed by atoms with E-state index in [-0.39, 0.29) is 11.7 Å². The number of ether oxygens (including phenoxy) is 1. The molecule has 1 amide bonds. The summed E-state index contributed by atoms with van der Waals surface area (Å²) in [5, 5.41) is 4.54. The highest BCUT2D eigenvalue weighted by Gasteiger charge is 2.27. The molecule has 1 aromatic heterocycles. The van der Waals surface area contributed by atoms with Crippen molar-refractivity contribution in [1.29, 1.82) is 0 Å². The fourth-order valence-corrected chi connectivity index (χ4v) is 4.17. The SMILES string of the molecule is CCOc1ccc(CN2CCN(C(=O)c3c(C)nn(-c4ccc(F)cc4)c3C)CC2)cc1. The molecule has 1 fully saturated rings. The first kappa shape index (κ1) is 22.0. The molecule has 32 heavy (non-hydrogen) atoms. The number of halogens is 1. The van der Waals surface area contributed by atoms with Gasteiger partial charge in [-0.3, -0.25) is 9.69 Å². The van der Waals surface area contributed by atoms with E-state index in [1.54, 1.807) is 16.8 Å². The Morgan fingerprint density at radius 2 is 1.66 bits per heavy atom. The van der Waals surface area contributed by atoms with Crippen molar-refractivity contribution >= 4 is 5.91 Å². The number of aryl methyl sites for hydroxylation is 1. The van der Waals surface area contributed by atoms with Crippen LogP contribution in [-0.4, -0.2) is 58.3 Å². The second-order valence-electron chi connectivity index (χ2n) is 8.08. The highest BCUT2D eigenvalue weighted by molar-refractivity contribution is 5.96. The van der Waals surface area contributed by atoms with Crippen molar-refractivity contribution in [2.75, 3.05) is 32.8 Å². The zero-order valence-corrected chi connectivity index (χ0v) is 18.8. The predicted molar refractivity (Wildman–Crippen MR) is 122 cm³/mol. The Kier molecular flexibility index (Phi) is 6.55. The molecule has 2 aromatic carbocycles. The molecule has 0 aliphatic carbocycles. The molecule has 168 valence electrons. The Labute approximate surface area is 188 Å². The van der Waals surface area contributed by atoms with Gasteiger partial charge in [-0.2, -0.15) is 5.10 Å². The van der Waals surface area contributed by atoms with E-state index < -0.39 is 0 Å². The number of rotatable bonds is 6. The summed E-state index contributed by atoms with van der Waals surface area (Å²) >= 11 is 0. The normalized spacial score (nSPS) is 14.6. The molecule has 0 saturated carbocycles. The Balaban J connectivity index is 1.39. The van der Waals surface area contributed by atoms with Crippen LogP contribution in [0.5, 0.6) is 5.75 Å². The van der Waals surface area contributed by atoms with E-state index in [1.165, 1.54) is 17.7 Å². The summed E-state index contributed by atoms with van der Waals surface area (Å²) in [4.78, 5) is 17.6. The fraction of sp³-hybridized carbons (Fsp3) is 0.360. The Hall–Kier alpha value is -3.19. The first-order chi connectivity index (χ1) is 15.5. The number of hydrogen-bond donors (Lipinski definition) is 0. The maximum absolute atomic E-state index is 13.3. The van der Waals surface area contributed by atoms with Crippen LogP contribution >= 0.6 is 0 Å². The Morgan fingerprint density at radius 1 is 1.00 bits per heavy atom. The average molecular weight is 437 g/mol. The molecule has 4 rings (SSSR count). The van der Waals surface area contributed by atoms with Crippen LogP contribution in [0.1, 0.15) is 34.2 Å². The summed E-state index contributed by atoms with van der Waals surface area (Å²) < 4.78 is 20.5. The van der Waals surface area contributed by atoms with Crippen molar-refractivity contribution in [1.82, 2.24) is 19.6 Å². The number of piperazine rings is 1. The first-order valence-corrected chi connectivity index (χ1v) is 11.0. The number of amides is 1. The lowest BCUT2D eigenvalue weighted by atomic mass is 10.1. The maximum Gasteiger partial charge on any atom is 0.257 e. The zero-order valence-electron chi connectivity index (χ0n) is 18.8. The minimum Gasteiger partial charge on any atom is -0.494 e. The van der Waals surface area contributed by atoms with Crippen molar-refractivity contribution in [2.45, 2.75) is 27.3 Å². The molecular weight excluding hydrogens is 407 g/mol. The van der Waals surface area contributed by atoms with Crippen LogP contribution in [0.3, 0.4) is 0 Å². The van der Waals surface area contributed by atoms with E-state index >= 15 is 0 Å². The van der Waals surface area contributed by atoms with Gasteiger partial charge in [0.1, 0.15) is 11.6 Å². The number of aromatic nitrogens is 2. The second-order valence-corrected chi connectivity index (χ2v) is 8.08. The number of carbonyl (C=O) groups excluding carboxylic acids is 1. The van der Waals surface area contributed by atoms with Crippen molar-refractivity contribution in [3.63, 3.8) is 0 Å². The van der Waals surface area contributed by atoms with E-state index in [9.17, 15) is 9.18 Å².